The zero-order chi connectivity index (χ0) is 14.3. The van der Waals surface area contributed by atoms with Crippen LogP contribution in [0.5, 0.6) is 0 Å². The van der Waals surface area contributed by atoms with Crippen LogP contribution in [0.3, 0.4) is 0 Å². The highest BCUT2D eigenvalue weighted by atomic mass is 32.2. The highest BCUT2D eigenvalue weighted by Crippen LogP contribution is 2.09. The molecule has 18 heavy (non-hydrogen) atoms. The molecule has 0 aliphatic heterocycles. The normalized spacial score (nSPS) is 15.6. The molecule has 0 amide bonds. The van der Waals surface area contributed by atoms with Crippen LogP contribution in [-0.4, -0.2) is 44.0 Å². The molecule has 0 aromatic rings. The Balaban J connectivity index is 4.47. The highest BCUT2D eigenvalue weighted by molar-refractivity contribution is 7.89. The van der Waals surface area contributed by atoms with Crippen molar-refractivity contribution in [3.05, 3.63) is 0 Å². The maximum absolute atomic E-state index is 11.7. The molecule has 6 nitrogen and oxygen atoms in total. The van der Waals surface area contributed by atoms with Gasteiger partial charge >= 0.3 is 5.97 Å². The van der Waals surface area contributed by atoms with Crippen molar-refractivity contribution < 1.29 is 23.1 Å². The fraction of sp³-hybridized carbons (Fsp3) is 0.909. The van der Waals surface area contributed by atoms with Gasteiger partial charge in [-0.05, 0) is 19.8 Å². The number of carboxylic acid groups (broad SMARTS) is 1. The predicted octanol–water partition coefficient (Wildman–Crippen LogP) is 0.830. The number of nitrogens with one attached hydrogen (secondary N) is 1. The van der Waals surface area contributed by atoms with Crippen molar-refractivity contribution in [2.75, 3.05) is 12.4 Å². The van der Waals surface area contributed by atoms with E-state index in [0.717, 1.165) is 0 Å². The van der Waals surface area contributed by atoms with Gasteiger partial charge in [-0.25, -0.2) is 13.1 Å². The molecule has 0 radical (unpaired) electrons. The van der Waals surface area contributed by atoms with Gasteiger partial charge in [0.05, 0.1) is 18.5 Å². The second-order valence-electron chi connectivity index (χ2n) is 4.56. The Morgan fingerprint density at radius 3 is 2.28 bits per heavy atom. The summed E-state index contributed by atoms with van der Waals surface area (Å²) >= 11 is 0. The number of sulfonamides is 1. The van der Waals surface area contributed by atoms with Crippen molar-refractivity contribution in [3.8, 4) is 0 Å². The van der Waals surface area contributed by atoms with Gasteiger partial charge in [0.15, 0.2) is 0 Å². The van der Waals surface area contributed by atoms with Gasteiger partial charge in [-0.2, -0.15) is 0 Å². The average molecular weight is 281 g/mol. The zero-order valence-electron chi connectivity index (χ0n) is 11.3. The Bertz CT molecular complexity index is 352. The maximum Gasteiger partial charge on any atom is 0.322 e. The molecule has 0 fully saturated rings. The topological polar surface area (TPSA) is 92.7 Å². The van der Waals surface area contributed by atoms with Crippen molar-refractivity contribution in [2.45, 2.75) is 46.3 Å². The second-order valence-corrected chi connectivity index (χ2v) is 6.43. The van der Waals surface area contributed by atoms with Gasteiger partial charge in [-0.3, -0.25) is 4.79 Å². The molecule has 0 heterocycles. The predicted molar refractivity (Wildman–Crippen MR) is 68.9 cm³/mol. The summed E-state index contributed by atoms with van der Waals surface area (Å²) in [7, 11) is -3.63. The van der Waals surface area contributed by atoms with Crippen LogP contribution in [0.2, 0.25) is 0 Å². The number of rotatable bonds is 9. The Labute approximate surface area is 109 Å². The van der Waals surface area contributed by atoms with Crippen molar-refractivity contribution in [3.63, 3.8) is 0 Å². The van der Waals surface area contributed by atoms with E-state index in [-0.39, 0.29) is 24.4 Å². The third-order valence-electron chi connectivity index (χ3n) is 2.59. The van der Waals surface area contributed by atoms with E-state index < -0.39 is 22.0 Å². The van der Waals surface area contributed by atoms with Crippen LogP contribution >= 0.6 is 0 Å². The SMILES string of the molecule is CCC(C)[C@H](NS(=O)(=O)CCOC(C)C)C(=O)O. The van der Waals surface area contributed by atoms with Crippen LogP contribution in [0.1, 0.15) is 34.1 Å². The largest absolute Gasteiger partial charge is 0.480 e. The van der Waals surface area contributed by atoms with E-state index in [9.17, 15) is 13.2 Å². The van der Waals surface area contributed by atoms with E-state index in [0.29, 0.717) is 6.42 Å². The number of ether oxygens (including phenoxy) is 1. The smallest absolute Gasteiger partial charge is 0.322 e. The monoisotopic (exact) mass is 281 g/mol. The van der Waals surface area contributed by atoms with Crippen LogP contribution in [0.4, 0.5) is 0 Å². The molecule has 0 bridgehead atoms. The Morgan fingerprint density at radius 1 is 1.33 bits per heavy atom. The molecule has 0 saturated heterocycles. The first-order valence-corrected chi connectivity index (χ1v) is 7.69. The van der Waals surface area contributed by atoms with E-state index in [1.54, 1.807) is 20.8 Å². The Kier molecular flexibility index (Phi) is 7.42. The molecular weight excluding hydrogens is 258 g/mol. The third kappa shape index (κ3) is 6.93. The van der Waals surface area contributed by atoms with Gasteiger partial charge in [-0.1, -0.05) is 20.3 Å². The van der Waals surface area contributed by atoms with Gasteiger partial charge < -0.3 is 9.84 Å². The molecule has 2 atom stereocenters. The fourth-order valence-corrected chi connectivity index (χ4v) is 2.45. The highest BCUT2D eigenvalue weighted by Gasteiger charge is 2.28. The molecule has 0 aliphatic carbocycles. The number of hydrogen-bond acceptors (Lipinski definition) is 4. The minimum atomic E-state index is -3.63. The quantitative estimate of drug-likeness (QED) is 0.653. The first-order chi connectivity index (χ1) is 8.19. The third-order valence-corrected chi connectivity index (χ3v) is 3.91. The second kappa shape index (κ2) is 7.70. The van der Waals surface area contributed by atoms with Crippen molar-refractivity contribution in [2.24, 2.45) is 5.92 Å². The molecule has 0 aromatic heterocycles. The van der Waals surface area contributed by atoms with Gasteiger partial charge in [-0.15, -0.1) is 0 Å². The zero-order valence-corrected chi connectivity index (χ0v) is 12.2. The summed E-state index contributed by atoms with van der Waals surface area (Å²) in [6.07, 6.45) is 0.534. The first-order valence-electron chi connectivity index (χ1n) is 6.04. The molecule has 0 spiro atoms. The maximum atomic E-state index is 11.7. The minimum Gasteiger partial charge on any atom is -0.480 e. The molecule has 0 saturated carbocycles. The number of hydrogen-bond donors (Lipinski definition) is 2. The van der Waals surface area contributed by atoms with Crippen LogP contribution < -0.4 is 4.72 Å². The van der Waals surface area contributed by atoms with E-state index >= 15 is 0 Å². The lowest BCUT2D eigenvalue weighted by atomic mass is 10.0. The fourth-order valence-electron chi connectivity index (χ4n) is 1.29. The van der Waals surface area contributed by atoms with Crippen LogP contribution in [0.15, 0.2) is 0 Å². The molecule has 0 aliphatic rings. The van der Waals surface area contributed by atoms with Crippen molar-refractivity contribution >= 4 is 16.0 Å². The summed E-state index contributed by atoms with van der Waals surface area (Å²) in [6, 6.07) is -1.08. The molecule has 1 unspecified atom stereocenters. The molecular formula is C11H23NO5S. The summed E-state index contributed by atoms with van der Waals surface area (Å²) in [4.78, 5) is 11.0. The van der Waals surface area contributed by atoms with Crippen LogP contribution in [0, 0.1) is 5.92 Å². The lowest BCUT2D eigenvalue weighted by Gasteiger charge is -2.20. The van der Waals surface area contributed by atoms with Gasteiger partial charge in [0.2, 0.25) is 10.0 Å². The molecule has 2 N–H and O–H groups in total. The van der Waals surface area contributed by atoms with E-state index in [1.165, 1.54) is 0 Å². The summed E-state index contributed by atoms with van der Waals surface area (Å²) in [5.41, 5.74) is 0. The number of carbonyl (C=O) groups is 1. The van der Waals surface area contributed by atoms with Crippen molar-refractivity contribution in [1.82, 2.24) is 4.72 Å². The van der Waals surface area contributed by atoms with Gasteiger partial charge in [0.25, 0.3) is 0 Å². The lowest BCUT2D eigenvalue weighted by molar-refractivity contribution is -0.140. The summed E-state index contributed by atoms with van der Waals surface area (Å²) in [5.74, 6) is -1.65. The number of aliphatic carboxylic acids is 1. The standard InChI is InChI=1S/C11H23NO5S/c1-5-9(4)10(11(13)14)12-18(15,16)7-6-17-8(2)3/h8-10,12H,5-7H2,1-4H3,(H,13,14)/t9?,10-/m0/s1. The van der Waals surface area contributed by atoms with Crippen LogP contribution in [0.25, 0.3) is 0 Å². The summed E-state index contributed by atoms with van der Waals surface area (Å²) < 4.78 is 30.7. The van der Waals surface area contributed by atoms with Gasteiger partial charge in [0.1, 0.15) is 6.04 Å². The van der Waals surface area contributed by atoms with E-state index in [2.05, 4.69) is 4.72 Å². The Hall–Kier alpha value is -0.660. The Morgan fingerprint density at radius 2 is 1.89 bits per heavy atom. The van der Waals surface area contributed by atoms with Crippen molar-refractivity contribution in [1.29, 1.82) is 0 Å². The summed E-state index contributed by atoms with van der Waals surface area (Å²) in [6.45, 7) is 7.18. The van der Waals surface area contributed by atoms with Gasteiger partial charge in [0, 0.05) is 0 Å². The summed E-state index contributed by atoms with van der Waals surface area (Å²) in [5, 5.41) is 8.99. The minimum absolute atomic E-state index is 0.0509. The first kappa shape index (κ1) is 17.3. The van der Waals surface area contributed by atoms with E-state index in [4.69, 9.17) is 9.84 Å². The molecule has 0 rings (SSSR count). The molecule has 0 aromatic carbocycles. The molecule has 7 heteroatoms. The average Bonchev–Trinajstić information content (AvgIpc) is 2.23. The lowest BCUT2D eigenvalue weighted by Crippen LogP contribution is -2.46. The molecule has 108 valence electrons. The van der Waals surface area contributed by atoms with E-state index in [1.807, 2.05) is 6.92 Å². The van der Waals surface area contributed by atoms with Crippen LogP contribution in [-0.2, 0) is 19.6 Å². The number of carboxylic acids is 1.